The predicted molar refractivity (Wildman–Crippen MR) is 118 cm³/mol. The van der Waals surface area contributed by atoms with Crippen molar-refractivity contribution in [2.24, 2.45) is 0 Å². The molecule has 0 radical (unpaired) electrons. The lowest BCUT2D eigenvalue weighted by Gasteiger charge is -2.03. The first-order chi connectivity index (χ1) is 15.1. The van der Waals surface area contributed by atoms with E-state index < -0.39 is 0 Å². The van der Waals surface area contributed by atoms with E-state index in [-0.39, 0.29) is 31.9 Å². The third kappa shape index (κ3) is 9.89. The summed E-state index contributed by atoms with van der Waals surface area (Å²) >= 11 is 0. The van der Waals surface area contributed by atoms with Gasteiger partial charge >= 0.3 is 11.9 Å². The van der Waals surface area contributed by atoms with Crippen LogP contribution < -0.4 is 0 Å². The number of benzene rings is 2. The highest BCUT2D eigenvalue weighted by Gasteiger charge is 2.05. The fourth-order valence-electron chi connectivity index (χ4n) is 2.36. The quantitative estimate of drug-likeness (QED) is 0.217. The minimum absolute atomic E-state index is 0.126. The van der Waals surface area contributed by atoms with Crippen LogP contribution in [0.25, 0.3) is 0 Å². The lowest BCUT2D eigenvalue weighted by atomic mass is 10.1. The number of aryl methyl sites for hydroxylation is 2. The molecule has 0 saturated carbocycles. The first-order valence-corrected chi connectivity index (χ1v) is 9.99. The summed E-state index contributed by atoms with van der Waals surface area (Å²) in [6.45, 7) is 5.10. The Morgan fingerprint density at radius 2 is 0.968 bits per heavy atom. The maximum absolute atomic E-state index is 11.8. The number of esters is 2. The van der Waals surface area contributed by atoms with Gasteiger partial charge in [0.05, 0.1) is 24.3 Å². The van der Waals surface area contributed by atoms with E-state index in [1.807, 2.05) is 38.1 Å². The standard InChI is InChI=1S/C25H28O6/c1-20-7-11-22(12-8-20)24(26)30-17-5-3-15-28-19-29-16-4-6-18-31-25(27)23-13-9-21(2)10-14-23/h3-14H,15-19H2,1-2H3. The van der Waals surface area contributed by atoms with Gasteiger partial charge < -0.3 is 18.9 Å². The van der Waals surface area contributed by atoms with E-state index in [0.29, 0.717) is 24.3 Å². The molecule has 164 valence electrons. The zero-order valence-corrected chi connectivity index (χ0v) is 17.9. The van der Waals surface area contributed by atoms with Crippen LogP contribution in [0.3, 0.4) is 0 Å². The lowest BCUT2D eigenvalue weighted by molar-refractivity contribution is -0.0333. The fourth-order valence-corrected chi connectivity index (χ4v) is 2.36. The fraction of sp³-hybridized carbons (Fsp3) is 0.280. The molecule has 0 fully saturated rings. The molecule has 0 atom stereocenters. The molecule has 0 bridgehead atoms. The summed E-state index contributed by atoms with van der Waals surface area (Å²) < 4.78 is 20.9. The van der Waals surface area contributed by atoms with Crippen molar-refractivity contribution in [2.75, 3.05) is 33.2 Å². The summed E-state index contributed by atoms with van der Waals surface area (Å²) in [6.07, 6.45) is 6.95. The van der Waals surface area contributed by atoms with E-state index in [2.05, 4.69) is 0 Å². The average molecular weight is 424 g/mol. The van der Waals surface area contributed by atoms with Gasteiger partial charge in [-0.1, -0.05) is 47.5 Å². The molecule has 31 heavy (non-hydrogen) atoms. The Hall–Kier alpha value is -3.22. The Morgan fingerprint density at radius 3 is 1.35 bits per heavy atom. The van der Waals surface area contributed by atoms with Crippen molar-refractivity contribution < 1.29 is 28.5 Å². The largest absolute Gasteiger partial charge is 0.458 e. The second-order valence-corrected chi connectivity index (χ2v) is 6.73. The number of carbonyl (C=O) groups excluding carboxylic acids is 2. The molecule has 2 aromatic rings. The lowest BCUT2D eigenvalue weighted by Crippen LogP contribution is -2.05. The molecule has 6 nitrogen and oxygen atoms in total. The Balaban J connectivity index is 1.45. The molecule has 0 spiro atoms. The zero-order valence-electron chi connectivity index (χ0n) is 17.9. The Morgan fingerprint density at radius 1 is 0.613 bits per heavy atom. The van der Waals surface area contributed by atoms with E-state index >= 15 is 0 Å². The van der Waals surface area contributed by atoms with Crippen molar-refractivity contribution in [3.63, 3.8) is 0 Å². The van der Waals surface area contributed by atoms with Crippen molar-refractivity contribution >= 4 is 11.9 Å². The van der Waals surface area contributed by atoms with Gasteiger partial charge in [0.2, 0.25) is 0 Å². The highest BCUT2D eigenvalue weighted by atomic mass is 16.7. The minimum Gasteiger partial charge on any atom is -0.458 e. The third-order valence-corrected chi connectivity index (χ3v) is 4.12. The predicted octanol–water partition coefficient (Wildman–Crippen LogP) is 4.42. The average Bonchev–Trinajstić information content (AvgIpc) is 2.77. The van der Waals surface area contributed by atoms with Crippen LogP contribution in [0.15, 0.2) is 72.8 Å². The topological polar surface area (TPSA) is 71.1 Å². The SMILES string of the molecule is Cc1ccc(C(=O)OCC=CCOCOCC=CCOC(=O)c2ccc(C)cc2)cc1. The third-order valence-electron chi connectivity index (χ3n) is 4.12. The summed E-state index contributed by atoms with van der Waals surface area (Å²) in [5.74, 6) is -0.713. The summed E-state index contributed by atoms with van der Waals surface area (Å²) in [4.78, 5) is 23.6. The summed E-state index contributed by atoms with van der Waals surface area (Å²) in [6, 6.07) is 14.4. The zero-order chi connectivity index (χ0) is 22.3. The normalized spacial score (nSPS) is 11.2. The number of hydrogen-bond donors (Lipinski definition) is 0. The molecule has 0 aliphatic rings. The summed E-state index contributed by atoms with van der Waals surface area (Å²) in [5, 5.41) is 0. The molecule has 0 amide bonds. The Kier molecular flexibility index (Phi) is 10.8. The van der Waals surface area contributed by atoms with Crippen molar-refractivity contribution in [1.82, 2.24) is 0 Å². The number of hydrogen-bond acceptors (Lipinski definition) is 6. The van der Waals surface area contributed by atoms with Gasteiger partial charge in [-0.3, -0.25) is 0 Å². The molecule has 0 aromatic heterocycles. The van der Waals surface area contributed by atoms with Crippen LogP contribution in [0, 0.1) is 13.8 Å². The van der Waals surface area contributed by atoms with Gasteiger partial charge in [0, 0.05) is 0 Å². The van der Waals surface area contributed by atoms with Crippen LogP contribution in [0.5, 0.6) is 0 Å². The van der Waals surface area contributed by atoms with Crippen molar-refractivity contribution in [2.45, 2.75) is 13.8 Å². The maximum atomic E-state index is 11.8. The van der Waals surface area contributed by atoms with E-state index in [1.165, 1.54) is 0 Å². The Bertz CT molecular complexity index is 792. The highest BCUT2D eigenvalue weighted by molar-refractivity contribution is 5.89. The number of carbonyl (C=O) groups is 2. The van der Waals surface area contributed by atoms with Crippen LogP contribution in [-0.4, -0.2) is 45.2 Å². The van der Waals surface area contributed by atoms with Gasteiger partial charge in [0.25, 0.3) is 0 Å². The first kappa shape index (κ1) is 24.1. The van der Waals surface area contributed by atoms with Crippen LogP contribution in [0.2, 0.25) is 0 Å². The molecule has 0 N–H and O–H groups in total. The molecular formula is C25H28O6. The van der Waals surface area contributed by atoms with E-state index in [1.54, 1.807) is 48.6 Å². The molecule has 2 aromatic carbocycles. The van der Waals surface area contributed by atoms with Crippen molar-refractivity contribution in [3.8, 4) is 0 Å². The molecule has 0 unspecified atom stereocenters. The highest BCUT2D eigenvalue weighted by Crippen LogP contribution is 2.05. The van der Waals surface area contributed by atoms with Gasteiger partial charge in [-0.25, -0.2) is 9.59 Å². The number of ether oxygens (including phenoxy) is 4. The van der Waals surface area contributed by atoms with Gasteiger partial charge in [-0.05, 0) is 50.3 Å². The molecule has 0 heterocycles. The van der Waals surface area contributed by atoms with Gasteiger partial charge in [0.1, 0.15) is 20.0 Å². The van der Waals surface area contributed by atoms with Crippen LogP contribution in [-0.2, 0) is 18.9 Å². The monoisotopic (exact) mass is 424 g/mol. The molecule has 6 heteroatoms. The van der Waals surface area contributed by atoms with Gasteiger partial charge in [0.15, 0.2) is 0 Å². The van der Waals surface area contributed by atoms with Crippen LogP contribution in [0.4, 0.5) is 0 Å². The number of rotatable bonds is 12. The first-order valence-electron chi connectivity index (χ1n) is 9.99. The van der Waals surface area contributed by atoms with Crippen molar-refractivity contribution in [3.05, 3.63) is 95.1 Å². The van der Waals surface area contributed by atoms with Gasteiger partial charge in [-0.2, -0.15) is 0 Å². The van der Waals surface area contributed by atoms with E-state index in [0.717, 1.165) is 11.1 Å². The molecule has 0 saturated heterocycles. The summed E-state index contributed by atoms with van der Waals surface area (Å²) in [7, 11) is 0. The second-order valence-electron chi connectivity index (χ2n) is 6.73. The summed E-state index contributed by atoms with van der Waals surface area (Å²) in [5.41, 5.74) is 3.24. The Labute approximate surface area is 183 Å². The molecular weight excluding hydrogens is 396 g/mol. The van der Waals surface area contributed by atoms with Gasteiger partial charge in [-0.15, -0.1) is 0 Å². The maximum Gasteiger partial charge on any atom is 0.338 e. The minimum atomic E-state index is -0.356. The smallest absolute Gasteiger partial charge is 0.338 e. The van der Waals surface area contributed by atoms with E-state index in [4.69, 9.17) is 18.9 Å². The molecule has 0 aliphatic heterocycles. The van der Waals surface area contributed by atoms with Crippen LogP contribution in [0.1, 0.15) is 31.8 Å². The van der Waals surface area contributed by atoms with Crippen molar-refractivity contribution in [1.29, 1.82) is 0 Å². The second kappa shape index (κ2) is 13.9. The molecule has 0 aliphatic carbocycles. The molecule has 2 rings (SSSR count). The van der Waals surface area contributed by atoms with Crippen LogP contribution >= 0.6 is 0 Å². The van der Waals surface area contributed by atoms with E-state index in [9.17, 15) is 9.59 Å².